The summed E-state index contributed by atoms with van der Waals surface area (Å²) in [6, 6.07) is 16.6. The van der Waals surface area contributed by atoms with E-state index in [1.807, 2.05) is 38.1 Å². The third-order valence-corrected chi connectivity index (χ3v) is 8.92. The van der Waals surface area contributed by atoms with E-state index in [2.05, 4.69) is 20.0 Å². The number of alkyl halides is 3. The van der Waals surface area contributed by atoms with Crippen LogP contribution in [0.3, 0.4) is 0 Å². The number of carbonyl (C=O) groups is 2. The molecule has 2 heterocycles. The number of aryl methyl sites for hydroxylation is 2. The van der Waals surface area contributed by atoms with Crippen molar-refractivity contribution in [3.8, 4) is 22.5 Å². The molecule has 2 aromatic heterocycles. The highest BCUT2D eigenvalue weighted by Gasteiger charge is 2.53. The zero-order valence-corrected chi connectivity index (χ0v) is 26.6. The largest absolute Gasteiger partial charge is 0.522 e. The zero-order chi connectivity index (χ0) is 34.2. The minimum Gasteiger partial charge on any atom is -0.455 e. The Balaban J connectivity index is 1.41. The second-order valence-corrected chi connectivity index (χ2v) is 12.2. The average molecular weight is 660 g/mol. The van der Waals surface area contributed by atoms with Gasteiger partial charge < -0.3 is 9.73 Å². The molecular weight excluding hydrogens is 626 g/mol. The first kappa shape index (κ1) is 33.0. The standard InChI is InChI=1S/C37H33F4N3O4/c1-4-6-23-16-31-29(32(34(46)42-3)33(47-31)22-9-11-25(38)12-10-22)17-28(23)24-8-7-21(2)27(15-24)30(45)20-36(35-43-13-5-14-44-35)18-26(19-36)48-37(39,40)41/h5,7-17,26H,4,6,18-20H2,1-3H3,(H,42,46). The van der Waals surface area contributed by atoms with Gasteiger partial charge in [0.05, 0.1) is 11.7 Å². The molecule has 0 radical (unpaired) electrons. The Kier molecular flexibility index (Phi) is 8.91. The summed E-state index contributed by atoms with van der Waals surface area (Å²) in [6.45, 7) is 3.85. The Morgan fingerprint density at radius 2 is 1.71 bits per heavy atom. The molecule has 0 bridgehead atoms. The van der Waals surface area contributed by atoms with Gasteiger partial charge in [-0.25, -0.2) is 14.4 Å². The summed E-state index contributed by atoms with van der Waals surface area (Å²) in [6.07, 6.45) is -1.56. The van der Waals surface area contributed by atoms with Gasteiger partial charge in [0.1, 0.15) is 23.0 Å². The molecule has 48 heavy (non-hydrogen) atoms. The number of ketones is 1. The van der Waals surface area contributed by atoms with Crippen LogP contribution in [-0.2, 0) is 16.6 Å². The molecular formula is C37H33F4N3O4. The third kappa shape index (κ3) is 6.47. The molecule has 0 unspecified atom stereocenters. The zero-order valence-electron chi connectivity index (χ0n) is 26.6. The summed E-state index contributed by atoms with van der Waals surface area (Å²) >= 11 is 0. The maximum Gasteiger partial charge on any atom is 0.522 e. The first-order valence-corrected chi connectivity index (χ1v) is 15.6. The van der Waals surface area contributed by atoms with Crippen molar-refractivity contribution >= 4 is 22.7 Å². The highest BCUT2D eigenvalue weighted by Crippen LogP contribution is 2.49. The lowest BCUT2D eigenvalue weighted by atomic mass is 9.62. The molecule has 3 aromatic carbocycles. The Labute approximate surface area is 274 Å². The van der Waals surface area contributed by atoms with E-state index in [4.69, 9.17) is 4.42 Å². The number of nitrogens with zero attached hydrogens (tertiary/aromatic N) is 2. The quantitative estimate of drug-likeness (QED) is 0.119. The molecule has 1 amide bonds. The van der Waals surface area contributed by atoms with Crippen LogP contribution in [0, 0.1) is 12.7 Å². The minimum atomic E-state index is -4.78. The minimum absolute atomic E-state index is 0.0442. The molecule has 248 valence electrons. The third-order valence-electron chi connectivity index (χ3n) is 8.92. The number of aromatic nitrogens is 2. The molecule has 11 heteroatoms. The van der Waals surface area contributed by atoms with Crippen LogP contribution in [-0.4, -0.2) is 41.2 Å². The highest BCUT2D eigenvalue weighted by molar-refractivity contribution is 6.12. The average Bonchev–Trinajstić information content (AvgIpc) is 3.41. The van der Waals surface area contributed by atoms with E-state index in [9.17, 15) is 27.2 Å². The van der Waals surface area contributed by atoms with Crippen molar-refractivity contribution < 1.29 is 36.3 Å². The fraction of sp³-hybridized carbons (Fsp3) is 0.297. The molecule has 0 saturated heterocycles. The van der Waals surface area contributed by atoms with Gasteiger partial charge in [-0.3, -0.25) is 14.3 Å². The maximum atomic E-state index is 14.0. The van der Waals surface area contributed by atoms with Gasteiger partial charge in [-0.1, -0.05) is 25.5 Å². The van der Waals surface area contributed by atoms with Gasteiger partial charge in [0.15, 0.2) is 5.78 Å². The number of hydrogen-bond donors (Lipinski definition) is 1. The van der Waals surface area contributed by atoms with E-state index in [1.165, 1.54) is 31.6 Å². The number of amides is 1. The van der Waals surface area contributed by atoms with Crippen molar-refractivity contribution in [2.75, 3.05) is 7.05 Å². The summed E-state index contributed by atoms with van der Waals surface area (Å²) < 4.78 is 63.2. The van der Waals surface area contributed by atoms with E-state index in [-0.39, 0.29) is 31.0 Å². The number of furan rings is 1. The summed E-state index contributed by atoms with van der Waals surface area (Å²) in [5.74, 6) is -0.418. The topological polar surface area (TPSA) is 94.3 Å². The van der Waals surface area contributed by atoms with Crippen LogP contribution in [0.1, 0.15) is 70.3 Å². The van der Waals surface area contributed by atoms with Gasteiger partial charge in [0.2, 0.25) is 0 Å². The number of nitrogens with one attached hydrogen (secondary N) is 1. The lowest BCUT2D eigenvalue weighted by Gasteiger charge is -2.45. The van der Waals surface area contributed by atoms with Gasteiger partial charge in [-0.05, 0) is 97.0 Å². The number of halogens is 4. The van der Waals surface area contributed by atoms with Gasteiger partial charge >= 0.3 is 6.36 Å². The van der Waals surface area contributed by atoms with Gasteiger partial charge in [0.25, 0.3) is 5.91 Å². The fourth-order valence-corrected chi connectivity index (χ4v) is 6.64. The molecule has 0 atom stereocenters. The first-order chi connectivity index (χ1) is 22.9. The second kappa shape index (κ2) is 13.0. The van der Waals surface area contributed by atoms with Crippen molar-refractivity contribution in [2.45, 2.75) is 63.8 Å². The Hall–Kier alpha value is -4.90. The SMILES string of the molecule is CCCc1cc2oc(-c3ccc(F)cc3)c(C(=O)NC)c2cc1-c1ccc(C)c(C(=O)CC2(c3ncccn3)CC(OC(F)(F)F)C2)c1. The molecule has 6 rings (SSSR count). The summed E-state index contributed by atoms with van der Waals surface area (Å²) in [5.41, 5.74) is 3.96. The molecule has 5 aromatic rings. The number of fused-ring (bicyclic) bond motifs is 1. The van der Waals surface area contributed by atoms with Crippen molar-refractivity contribution in [1.82, 2.24) is 15.3 Å². The van der Waals surface area contributed by atoms with E-state index in [0.29, 0.717) is 51.2 Å². The van der Waals surface area contributed by atoms with E-state index in [1.54, 1.807) is 24.3 Å². The van der Waals surface area contributed by atoms with Crippen LogP contribution in [0.4, 0.5) is 17.6 Å². The first-order valence-electron chi connectivity index (χ1n) is 15.6. The van der Waals surface area contributed by atoms with E-state index < -0.39 is 23.7 Å². The van der Waals surface area contributed by atoms with Crippen LogP contribution in [0.15, 0.2) is 77.5 Å². The molecule has 0 spiro atoms. The molecule has 7 nitrogen and oxygen atoms in total. The normalized spacial score (nSPS) is 17.7. The van der Waals surface area contributed by atoms with Crippen LogP contribution < -0.4 is 5.32 Å². The molecule has 1 aliphatic carbocycles. The van der Waals surface area contributed by atoms with Crippen molar-refractivity contribution in [3.05, 3.63) is 107 Å². The maximum absolute atomic E-state index is 14.0. The fourth-order valence-electron chi connectivity index (χ4n) is 6.64. The smallest absolute Gasteiger partial charge is 0.455 e. The van der Waals surface area contributed by atoms with Crippen molar-refractivity contribution in [1.29, 1.82) is 0 Å². The Morgan fingerprint density at radius 3 is 2.35 bits per heavy atom. The second-order valence-electron chi connectivity index (χ2n) is 12.2. The Morgan fingerprint density at radius 1 is 1.02 bits per heavy atom. The van der Waals surface area contributed by atoms with Crippen LogP contribution >= 0.6 is 0 Å². The molecule has 1 saturated carbocycles. The molecule has 1 fully saturated rings. The lowest BCUT2D eigenvalue weighted by Crippen LogP contribution is -2.50. The van der Waals surface area contributed by atoms with Crippen LogP contribution in [0.2, 0.25) is 0 Å². The lowest BCUT2D eigenvalue weighted by molar-refractivity contribution is -0.355. The summed E-state index contributed by atoms with van der Waals surface area (Å²) in [5, 5.41) is 3.23. The highest BCUT2D eigenvalue weighted by atomic mass is 19.4. The van der Waals surface area contributed by atoms with Crippen molar-refractivity contribution in [3.63, 3.8) is 0 Å². The predicted molar refractivity (Wildman–Crippen MR) is 172 cm³/mol. The van der Waals surface area contributed by atoms with Gasteiger partial charge in [0, 0.05) is 47.8 Å². The van der Waals surface area contributed by atoms with Gasteiger partial charge in [-0.15, -0.1) is 13.2 Å². The summed E-state index contributed by atoms with van der Waals surface area (Å²) in [4.78, 5) is 35.8. The number of carbonyl (C=O) groups excluding carboxylic acids is 2. The van der Waals surface area contributed by atoms with Crippen LogP contribution in [0.25, 0.3) is 33.4 Å². The number of hydrogen-bond acceptors (Lipinski definition) is 6. The van der Waals surface area contributed by atoms with Crippen molar-refractivity contribution in [2.24, 2.45) is 0 Å². The van der Waals surface area contributed by atoms with E-state index in [0.717, 1.165) is 23.1 Å². The molecule has 0 aliphatic heterocycles. The predicted octanol–water partition coefficient (Wildman–Crippen LogP) is 8.53. The number of rotatable bonds is 10. The van der Waals surface area contributed by atoms with Crippen LogP contribution in [0.5, 0.6) is 0 Å². The molecule has 1 aliphatic rings. The van der Waals surface area contributed by atoms with Gasteiger partial charge in [-0.2, -0.15) is 0 Å². The monoisotopic (exact) mass is 659 g/mol. The number of ether oxygens (including phenoxy) is 1. The number of benzene rings is 3. The van der Waals surface area contributed by atoms with E-state index >= 15 is 0 Å². The number of Topliss-reactive ketones (excluding diaryl/α,β-unsaturated/α-hetero) is 1. The summed E-state index contributed by atoms with van der Waals surface area (Å²) in [7, 11) is 1.52. The molecule has 1 N–H and O–H groups in total. The Bertz CT molecular complexity index is 1980.